The second kappa shape index (κ2) is 13.1. The summed E-state index contributed by atoms with van der Waals surface area (Å²) in [4.78, 5) is 5.42. The third-order valence-electron chi connectivity index (χ3n) is 10.5. The van der Waals surface area contributed by atoms with E-state index in [-0.39, 0.29) is 36.2 Å². The lowest BCUT2D eigenvalue weighted by Gasteiger charge is -2.42. The number of ether oxygens (including phenoxy) is 2. The Balaban J connectivity index is 1.52. The van der Waals surface area contributed by atoms with Crippen molar-refractivity contribution >= 4 is 0 Å². The van der Waals surface area contributed by atoms with E-state index < -0.39 is 12.1 Å². The molecule has 45 heavy (non-hydrogen) atoms. The quantitative estimate of drug-likeness (QED) is 0.251. The first-order valence-corrected chi connectivity index (χ1v) is 16.9. The molecule has 6 heteroatoms. The number of fused-ring (bicyclic) bond motifs is 1. The molecule has 0 saturated heterocycles. The summed E-state index contributed by atoms with van der Waals surface area (Å²) < 4.78 is 58.6. The maximum atomic E-state index is 17.3. The zero-order chi connectivity index (χ0) is 31.8. The minimum atomic E-state index is -2.67. The number of halogens is 3. The van der Waals surface area contributed by atoms with Crippen LogP contribution in [-0.4, -0.2) is 18.0 Å². The smallest absolute Gasteiger partial charge is 0.248 e. The van der Waals surface area contributed by atoms with E-state index in [4.69, 9.17) is 14.5 Å². The monoisotopic (exact) mass is 619 g/mol. The Kier molecular flexibility index (Phi) is 9.34. The fourth-order valence-corrected chi connectivity index (χ4v) is 8.01. The average Bonchev–Trinajstić information content (AvgIpc) is 3.03. The van der Waals surface area contributed by atoms with Crippen LogP contribution in [-0.2, 0) is 17.8 Å². The zero-order valence-corrected chi connectivity index (χ0v) is 27.3. The van der Waals surface area contributed by atoms with Gasteiger partial charge < -0.3 is 9.47 Å². The number of methoxy groups -OCH3 is 1. The van der Waals surface area contributed by atoms with Crippen LogP contribution in [0, 0.1) is 12.3 Å². The number of rotatable bonds is 8. The summed E-state index contributed by atoms with van der Waals surface area (Å²) in [6.45, 7) is 6.90. The van der Waals surface area contributed by atoms with Gasteiger partial charge in [0.05, 0.1) is 25.5 Å². The van der Waals surface area contributed by atoms with Crippen LogP contribution in [0.25, 0.3) is 0 Å². The summed E-state index contributed by atoms with van der Waals surface area (Å²) in [5, 5.41) is 0. The molecule has 242 valence electrons. The molecule has 0 aliphatic heterocycles. The molecule has 6 rings (SSSR count). The Morgan fingerprint density at radius 2 is 1.53 bits per heavy atom. The highest BCUT2D eigenvalue weighted by Crippen LogP contribution is 2.53. The van der Waals surface area contributed by atoms with Crippen LogP contribution in [0.4, 0.5) is 13.2 Å². The predicted molar refractivity (Wildman–Crippen MR) is 173 cm³/mol. The Morgan fingerprint density at radius 3 is 2.18 bits per heavy atom. The first kappa shape index (κ1) is 32.1. The van der Waals surface area contributed by atoms with Crippen LogP contribution in [0.3, 0.4) is 0 Å². The molecular weight excluding hydrogens is 571 g/mol. The second-order valence-corrected chi connectivity index (χ2v) is 14.6. The molecular formula is C39H48F3NO2. The van der Waals surface area contributed by atoms with Gasteiger partial charge in [0, 0.05) is 35.6 Å². The molecule has 2 unspecified atom stereocenters. The van der Waals surface area contributed by atoms with Crippen molar-refractivity contribution in [3.8, 4) is 5.75 Å². The third kappa shape index (κ3) is 7.11. The highest BCUT2D eigenvalue weighted by Gasteiger charge is 2.44. The van der Waals surface area contributed by atoms with Crippen LogP contribution in [0.1, 0.15) is 147 Å². The number of nitrogens with zero attached hydrogens (tertiary/aromatic N) is 1. The third-order valence-corrected chi connectivity index (χ3v) is 10.5. The van der Waals surface area contributed by atoms with Gasteiger partial charge in [0.25, 0.3) is 0 Å². The molecule has 0 spiro atoms. The van der Waals surface area contributed by atoms with E-state index in [0.717, 1.165) is 77.9 Å². The van der Waals surface area contributed by atoms with Gasteiger partial charge in [-0.3, -0.25) is 4.98 Å². The van der Waals surface area contributed by atoms with E-state index in [2.05, 4.69) is 13.8 Å². The molecule has 0 N–H and O–H groups in total. The van der Waals surface area contributed by atoms with Crippen LogP contribution >= 0.6 is 0 Å². The van der Waals surface area contributed by atoms with Gasteiger partial charge in [-0.2, -0.15) is 0 Å². The van der Waals surface area contributed by atoms with Gasteiger partial charge in [-0.05, 0) is 85.6 Å². The highest BCUT2D eigenvalue weighted by molar-refractivity contribution is 5.51. The van der Waals surface area contributed by atoms with Crippen LogP contribution < -0.4 is 4.74 Å². The first-order chi connectivity index (χ1) is 21.5. The lowest BCUT2D eigenvalue weighted by Crippen LogP contribution is -2.33. The van der Waals surface area contributed by atoms with Gasteiger partial charge in [-0.25, -0.2) is 13.2 Å². The molecule has 1 aromatic heterocycles. The molecule has 3 aliphatic rings. The molecule has 0 amide bonds. The van der Waals surface area contributed by atoms with Crippen molar-refractivity contribution in [3.63, 3.8) is 0 Å². The Bertz CT molecular complexity index is 1450. The molecule has 3 aromatic rings. The van der Waals surface area contributed by atoms with Gasteiger partial charge in [0.1, 0.15) is 5.75 Å². The van der Waals surface area contributed by atoms with E-state index in [1.54, 1.807) is 7.11 Å². The fourth-order valence-electron chi connectivity index (χ4n) is 8.01. The van der Waals surface area contributed by atoms with Crippen LogP contribution in [0.5, 0.6) is 5.75 Å². The topological polar surface area (TPSA) is 31.4 Å². The number of hydrogen-bond acceptors (Lipinski definition) is 3. The molecule has 3 nitrogen and oxygen atoms in total. The van der Waals surface area contributed by atoms with E-state index in [9.17, 15) is 8.78 Å². The van der Waals surface area contributed by atoms with Crippen LogP contribution in [0.2, 0.25) is 0 Å². The van der Waals surface area contributed by atoms with E-state index in [1.807, 2.05) is 55.5 Å². The highest BCUT2D eigenvalue weighted by atomic mass is 19.3. The minimum Gasteiger partial charge on any atom is -0.497 e. The normalized spacial score (nSPS) is 22.5. The van der Waals surface area contributed by atoms with Gasteiger partial charge >= 0.3 is 0 Å². The van der Waals surface area contributed by atoms with Crippen molar-refractivity contribution in [1.29, 1.82) is 0 Å². The lowest BCUT2D eigenvalue weighted by molar-refractivity contribution is -0.0390. The molecule has 2 saturated carbocycles. The Morgan fingerprint density at radius 1 is 0.867 bits per heavy atom. The molecule has 3 aliphatic carbocycles. The number of alkyl halides is 3. The molecule has 2 aromatic carbocycles. The number of aromatic nitrogens is 1. The van der Waals surface area contributed by atoms with Crippen molar-refractivity contribution in [1.82, 2.24) is 4.98 Å². The van der Waals surface area contributed by atoms with E-state index in [0.29, 0.717) is 30.6 Å². The minimum absolute atomic E-state index is 0.0706. The summed E-state index contributed by atoms with van der Waals surface area (Å²) in [6.07, 6.45) is 5.56. The van der Waals surface area contributed by atoms with Crippen molar-refractivity contribution < 1.29 is 22.6 Å². The summed E-state index contributed by atoms with van der Waals surface area (Å²) >= 11 is 0. The first-order valence-electron chi connectivity index (χ1n) is 16.9. The summed E-state index contributed by atoms with van der Waals surface area (Å²) in [6, 6.07) is 15.5. The number of benzene rings is 2. The SMILES string of the molecule is COc1ccc(COC2CC(C)(C)Cc3nc(C4CCCCC4)c(C(F)c4ccc(C)cc4)c(C4CCC(F)(F)CC4)c32)cc1. The predicted octanol–water partition coefficient (Wildman–Crippen LogP) is 11.0. The van der Waals surface area contributed by atoms with Crippen LogP contribution in [0.15, 0.2) is 48.5 Å². The van der Waals surface area contributed by atoms with Gasteiger partial charge in [-0.1, -0.05) is 75.1 Å². The number of hydrogen-bond donors (Lipinski definition) is 0. The lowest BCUT2D eigenvalue weighted by atomic mass is 9.68. The van der Waals surface area contributed by atoms with Crippen molar-refractivity contribution in [2.24, 2.45) is 5.41 Å². The second-order valence-electron chi connectivity index (χ2n) is 14.6. The summed E-state index contributed by atoms with van der Waals surface area (Å²) in [5.41, 5.74) is 7.05. The number of aryl methyl sites for hydroxylation is 1. The average molecular weight is 620 g/mol. The van der Waals surface area contributed by atoms with Crippen molar-refractivity contribution in [3.05, 3.63) is 93.3 Å². The fraction of sp³-hybridized carbons (Fsp3) is 0.564. The molecule has 0 bridgehead atoms. The molecule has 0 radical (unpaired) electrons. The van der Waals surface area contributed by atoms with Gasteiger partial charge in [0.2, 0.25) is 5.92 Å². The molecule has 2 fully saturated rings. The summed E-state index contributed by atoms with van der Waals surface area (Å²) in [5.74, 6) is -1.87. The van der Waals surface area contributed by atoms with E-state index >= 15 is 4.39 Å². The number of pyridine rings is 1. The van der Waals surface area contributed by atoms with Crippen molar-refractivity contribution in [2.45, 2.75) is 128 Å². The largest absolute Gasteiger partial charge is 0.497 e. The zero-order valence-electron chi connectivity index (χ0n) is 27.3. The van der Waals surface area contributed by atoms with Gasteiger partial charge in [0.15, 0.2) is 6.17 Å². The summed E-state index contributed by atoms with van der Waals surface area (Å²) in [7, 11) is 1.65. The molecule has 1 heterocycles. The van der Waals surface area contributed by atoms with Gasteiger partial charge in [-0.15, -0.1) is 0 Å². The maximum absolute atomic E-state index is 17.3. The standard InChI is InChI=1S/C39H48F3NO2/c1-25-10-14-28(15-11-25)36(40)35-33(27-18-20-39(41,42)21-19-27)34-31(43-37(35)29-8-6-5-7-9-29)22-38(2,3)23-32(34)45-24-26-12-16-30(44-4)17-13-26/h10-17,27,29,32,36H,5-9,18-24H2,1-4H3. The van der Waals surface area contributed by atoms with Crippen molar-refractivity contribution in [2.75, 3.05) is 7.11 Å². The van der Waals surface area contributed by atoms with E-state index in [1.165, 1.54) is 6.42 Å². The maximum Gasteiger partial charge on any atom is 0.248 e. The molecule has 2 atom stereocenters. The Labute approximate surface area is 267 Å². The Hall–Kier alpha value is -2.86.